The van der Waals surface area contributed by atoms with Crippen molar-refractivity contribution in [3.8, 4) is 0 Å². The monoisotopic (exact) mass is 343 g/mol. The second-order valence-electron chi connectivity index (χ2n) is 4.22. The Labute approximate surface area is 136 Å². The lowest BCUT2D eigenvalue weighted by Gasteiger charge is -2.03. The number of hydrogen-bond donors (Lipinski definition) is 0. The van der Waals surface area contributed by atoms with Crippen LogP contribution in [0, 0.1) is 0 Å². The minimum Gasteiger partial charge on any atom is -0.726 e. The minimum absolute atomic E-state index is 0.0914. The predicted molar refractivity (Wildman–Crippen MR) is 87.5 cm³/mol. The maximum absolute atomic E-state index is 9.45. The highest BCUT2D eigenvalue weighted by Gasteiger charge is 2.12. The normalized spacial score (nSPS) is 11.1. The van der Waals surface area contributed by atoms with E-state index in [-0.39, 0.29) is 6.61 Å². The maximum Gasteiger partial charge on any atom is 0.240 e. The first kappa shape index (κ1) is 18.9. The molecular formula is C15H21NO4S2. The molecule has 0 fully saturated rings. The van der Waals surface area contributed by atoms with Crippen molar-refractivity contribution >= 4 is 33.1 Å². The quantitative estimate of drug-likeness (QED) is 0.361. The second-order valence-corrected chi connectivity index (χ2v) is 6.56. The van der Waals surface area contributed by atoms with Crippen LogP contribution in [-0.4, -0.2) is 25.3 Å². The molecule has 1 heterocycles. The highest BCUT2D eigenvalue weighted by Crippen LogP contribution is 2.17. The molecule has 0 aliphatic heterocycles. The van der Waals surface area contributed by atoms with Crippen molar-refractivity contribution in [3.63, 3.8) is 0 Å². The van der Waals surface area contributed by atoms with Crippen molar-refractivity contribution in [2.45, 2.75) is 32.3 Å². The van der Waals surface area contributed by atoms with Gasteiger partial charge in [0.15, 0.2) is 0 Å². The summed E-state index contributed by atoms with van der Waals surface area (Å²) in [5.41, 5.74) is 1.33. The minimum atomic E-state index is -4.42. The first-order chi connectivity index (χ1) is 10.4. The standard InChI is InChI=1S/C13H16NS.C2H6O4S/c1-3-14-12-8-6-5-7-11(12)9-10-13(14)15-4-2;1-2-6-7(3,4)5/h5-10H,3-4H2,1-2H3;2H2,1H3,(H,3,4,5)/q+1;/p-1. The van der Waals surface area contributed by atoms with Gasteiger partial charge in [0, 0.05) is 23.3 Å². The van der Waals surface area contributed by atoms with Gasteiger partial charge in [-0.1, -0.05) is 30.8 Å². The second kappa shape index (κ2) is 9.09. The predicted octanol–water partition coefficient (Wildman–Crippen LogP) is 2.74. The molecule has 0 saturated carbocycles. The molecule has 122 valence electrons. The average molecular weight is 343 g/mol. The van der Waals surface area contributed by atoms with Crippen LogP contribution in [0.4, 0.5) is 0 Å². The SMILES string of the molecule is CCOS(=O)(=O)[O-].CCSc1ccc2ccccc2[n+]1CC. The van der Waals surface area contributed by atoms with E-state index in [4.69, 9.17) is 0 Å². The van der Waals surface area contributed by atoms with Gasteiger partial charge in [0.05, 0.1) is 6.61 Å². The molecule has 5 nitrogen and oxygen atoms in total. The van der Waals surface area contributed by atoms with Gasteiger partial charge in [-0.25, -0.2) is 8.42 Å². The van der Waals surface area contributed by atoms with E-state index in [2.05, 4.69) is 59.0 Å². The fourth-order valence-corrected chi connectivity index (χ4v) is 3.12. The van der Waals surface area contributed by atoms with Gasteiger partial charge in [-0.2, -0.15) is 4.57 Å². The third-order valence-electron chi connectivity index (χ3n) is 2.77. The Hall–Kier alpha value is -1.15. The molecule has 0 aliphatic rings. The zero-order valence-electron chi connectivity index (χ0n) is 13.0. The Balaban J connectivity index is 0.000000295. The fourth-order valence-electron chi connectivity index (χ4n) is 1.99. The lowest BCUT2D eigenvalue weighted by molar-refractivity contribution is -0.704. The van der Waals surface area contributed by atoms with E-state index in [1.165, 1.54) is 22.9 Å². The molecule has 0 saturated heterocycles. The van der Waals surface area contributed by atoms with Gasteiger partial charge in [-0.3, -0.25) is 4.18 Å². The largest absolute Gasteiger partial charge is 0.726 e. The molecular weight excluding hydrogens is 322 g/mol. The molecule has 2 aromatic rings. The summed E-state index contributed by atoms with van der Waals surface area (Å²) < 4.78 is 34.4. The molecule has 7 heteroatoms. The summed E-state index contributed by atoms with van der Waals surface area (Å²) in [6.45, 7) is 6.76. The molecule has 0 radical (unpaired) electrons. The van der Waals surface area contributed by atoms with Crippen LogP contribution >= 0.6 is 11.8 Å². The molecule has 2 rings (SSSR count). The summed E-state index contributed by atoms with van der Waals surface area (Å²) in [6.07, 6.45) is 0. The number of thioether (sulfide) groups is 1. The van der Waals surface area contributed by atoms with E-state index in [1.54, 1.807) is 0 Å². The lowest BCUT2D eigenvalue weighted by Crippen LogP contribution is -2.35. The maximum atomic E-state index is 9.45. The number of nitrogens with zero attached hydrogens (tertiary/aromatic N) is 1. The Morgan fingerprint density at radius 3 is 2.32 bits per heavy atom. The van der Waals surface area contributed by atoms with Crippen molar-refractivity contribution in [3.05, 3.63) is 36.4 Å². The summed E-state index contributed by atoms with van der Waals surface area (Å²) in [7, 11) is -4.42. The molecule has 0 atom stereocenters. The number of para-hydroxylation sites is 1. The number of fused-ring (bicyclic) bond motifs is 1. The van der Waals surface area contributed by atoms with Crippen LogP contribution in [0.5, 0.6) is 0 Å². The van der Waals surface area contributed by atoms with Crippen molar-refractivity contribution < 1.29 is 21.7 Å². The van der Waals surface area contributed by atoms with Crippen molar-refractivity contribution in [1.29, 1.82) is 0 Å². The number of pyridine rings is 1. The van der Waals surface area contributed by atoms with Gasteiger partial charge in [0.25, 0.3) is 0 Å². The third kappa shape index (κ3) is 5.92. The summed E-state index contributed by atoms with van der Waals surface area (Å²) in [5.74, 6) is 1.12. The molecule has 22 heavy (non-hydrogen) atoms. The number of hydrogen-bond acceptors (Lipinski definition) is 5. The molecule has 1 aromatic heterocycles. The average Bonchev–Trinajstić information content (AvgIpc) is 2.47. The van der Waals surface area contributed by atoms with E-state index in [0.717, 1.165) is 12.3 Å². The van der Waals surface area contributed by atoms with Gasteiger partial charge < -0.3 is 4.55 Å². The topological polar surface area (TPSA) is 70.3 Å². The molecule has 0 spiro atoms. The van der Waals surface area contributed by atoms with E-state index in [1.807, 2.05) is 11.8 Å². The van der Waals surface area contributed by atoms with Crippen LogP contribution in [0.25, 0.3) is 10.9 Å². The van der Waals surface area contributed by atoms with Crippen LogP contribution in [0.2, 0.25) is 0 Å². The van der Waals surface area contributed by atoms with Crippen LogP contribution in [-0.2, 0) is 21.1 Å². The zero-order valence-corrected chi connectivity index (χ0v) is 14.6. The van der Waals surface area contributed by atoms with Gasteiger partial charge >= 0.3 is 0 Å². The fraction of sp³-hybridized carbons (Fsp3) is 0.400. The number of aromatic nitrogens is 1. The molecule has 0 unspecified atom stereocenters. The summed E-state index contributed by atoms with van der Waals surface area (Å²) in [6, 6.07) is 13.0. The summed E-state index contributed by atoms with van der Waals surface area (Å²) in [5, 5.41) is 2.68. The number of rotatable bonds is 5. The first-order valence-corrected chi connectivity index (χ1v) is 9.39. The highest BCUT2D eigenvalue weighted by molar-refractivity contribution is 7.99. The molecule has 0 aliphatic carbocycles. The van der Waals surface area contributed by atoms with E-state index >= 15 is 0 Å². The van der Waals surface area contributed by atoms with Crippen molar-refractivity contribution in [2.75, 3.05) is 12.4 Å². The van der Waals surface area contributed by atoms with Crippen LogP contribution in [0.1, 0.15) is 20.8 Å². The highest BCUT2D eigenvalue weighted by atomic mass is 32.3. The molecule has 0 N–H and O–H groups in total. The third-order valence-corrected chi connectivity index (χ3v) is 4.23. The number of aryl methyl sites for hydroxylation is 1. The lowest BCUT2D eigenvalue weighted by atomic mass is 10.2. The van der Waals surface area contributed by atoms with Gasteiger partial charge in [0.2, 0.25) is 20.9 Å². The molecule has 1 aromatic carbocycles. The Bertz CT molecular complexity index is 702. The number of benzene rings is 1. The van der Waals surface area contributed by atoms with E-state index in [0.29, 0.717) is 0 Å². The van der Waals surface area contributed by atoms with E-state index in [9.17, 15) is 13.0 Å². The van der Waals surface area contributed by atoms with Crippen LogP contribution in [0.3, 0.4) is 0 Å². The Kier molecular flexibility index (Phi) is 7.81. The van der Waals surface area contributed by atoms with Gasteiger partial charge in [-0.05, 0) is 26.0 Å². The van der Waals surface area contributed by atoms with Crippen LogP contribution < -0.4 is 4.57 Å². The Morgan fingerprint density at radius 2 is 1.82 bits per heavy atom. The van der Waals surface area contributed by atoms with E-state index < -0.39 is 10.4 Å². The summed E-state index contributed by atoms with van der Waals surface area (Å²) in [4.78, 5) is 0. The van der Waals surface area contributed by atoms with Crippen molar-refractivity contribution in [1.82, 2.24) is 0 Å². The molecule has 0 amide bonds. The zero-order chi connectivity index (χ0) is 16.6. The first-order valence-electron chi connectivity index (χ1n) is 7.07. The Morgan fingerprint density at radius 1 is 1.14 bits per heavy atom. The van der Waals surface area contributed by atoms with Gasteiger partial charge in [0.1, 0.15) is 6.54 Å². The smallest absolute Gasteiger partial charge is 0.240 e. The van der Waals surface area contributed by atoms with Crippen molar-refractivity contribution in [2.24, 2.45) is 0 Å². The summed E-state index contributed by atoms with van der Waals surface area (Å²) >= 11 is 1.90. The molecule has 0 bridgehead atoms. The van der Waals surface area contributed by atoms with Crippen LogP contribution in [0.15, 0.2) is 41.4 Å². The van der Waals surface area contributed by atoms with Gasteiger partial charge in [-0.15, -0.1) is 0 Å².